The molecule has 5 rings (SSSR count). The summed E-state index contributed by atoms with van der Waals surface area (Å²) >= 11 is 2.35. The van der Waals surface area contributed by atoms with Crippen LogP contribution >= 0.6 is 23.1 Å². The van der Waals surface area contributed by atoms with Crippen molar-refractivity contribution in [3.05, 3.63) is 70.7 Å². The maximum Gasteiger partial charge on any atom is 0.416 e. The number of H-pyrrole nitrogens is 1. The fourth-order valence-corrected chi connectivity index (χ4v) is 4.81. The highest BCUT2D eigenvalue weighted by atomic mass is 32.2. The van der Waals surface area contributed by atoms with E-state index < -0.39 is 11.7 Å². The maximum atomic E-state index is 12.9. The lowest BCUT2D eigenvalue weighted by molar-refractivity contribution is -0.137. The molecule has 5 aromatic rings. The molecule has 2 N–H and O–H groups in total. The lowest BCUT2D eigenvalue weighted by Gasteiger charge is -2.07. The molecule has 0 saturated heterocycles. The first-order chi connectivity index (χ1) is 16.3. The Morgan fingerprint density at radius 3 is 2.82 bits per heavy atom. The second-order valence-corrected chi connectivity index (χ2v) is 9.36. The first-order valence-corrected chi connectivity index (χ1v) is 11.8. The highest BCUT2D eigenvalue weighted by molar-refractivity contribution is 7.99. The smallest absolute Gasteiger partial charge is 0.338 e. The van der Waals surface area contributed by atoms with Gasteiger partial charge in [0.2, 0.25) is 11.1 Å². The Morgan fingerprint density at radius 1 is 1.12 bits per heavy atom. The third-order valence-electron chi connectivity index (χ3n) is 4.87. The number of rotatable bonds is 6. The average Bonchev–Trinajstić information content (AvgIpc) is 3.40. The van der Waals surface area contributed by atoms with E-state index in [-0.39, 0.29) is 18.1 Å². The number of hydrogen-bond acceptors (Lipinski definition) is 7. The molecule has 0 aliphatic rings. The zero-order chi connectivity index (χ0) is 23.7. The van der Waals surface area contributed by atoms with Crippen molar-refractivity contribution < 1.29 is 18.0 Å². The molecule has 172 valence electrons. The van der Waals surface area contributed by atoms with E-state index in [4.69, 9.17) is 0 Å². The van der Waals surface area contributed by atoms with Crippen molar-refractivity contribution >= 4 is 56.2 Å². The van der Waals surface area contributed by atoms with E-state index in [0.717, 1.165) is 39.7 Å². The second kappa shape index (κ2) is 9.03. The molecule has 0 aliphatic heterocycles. The van der Waals surface area contributed by atoms with Crippen LogP contribution in [0.25, 0.3) is 22.1 Å². The summed E-state index contributed by atoms with van der Waals surface area (Å²) in [4.78, 5) is 24.8. The third kappa shape index (κ3) is 4.87. The molecule has 3 aromatic heterocycles. The van der Waals surface area contributed by atoms with Crippen molar-refractivity contribution in [2.75, 3.05) is 11.1 Å². The molecule has 12 heteroatoms. The molecule has 7 nitrogen and oxygen atoms in total. The van der Waals surface area contributed by atoms with Crippen LogP contribution in [0.5, 0.6) is 0 Å². The number of alkyl halides is 3. The van der Waals surface area contributed by atoms with Crippen LogP contribution in [0, 0.1) is 0 Å². The molecular formula is C22H15F3N6OS2. The minimum atomic E-state index is -4.39. The molecule has 0 saturated carbocycles. The second-order valence-electron chi connectivity index (χ2n) is 7.31. The highest BCUT2D eigenvalue weighted by Crippen LogP contribution is 2.31. The van der Waals surface area contributed by atoms with Gasteiger partial charge in [-0.05, 0) is 17.7 Å². The van der Waals surface area contributed by atoms with Crippen molar-refractivity contribution in [3.8, 4) is 0 Å². The standard InChI is InChI=1S/C22H15F3N6OS2/c23-22(24,25)13-5-3-4-12(8-13)9-14-10-26-20(34-14)28-17(32)11-33-21-29-19-18(30-31-21)15-6-1-2-7-16(15)27-19/h1-8,10H,9,11H2,(H,26,28,32)(H,27,29,31). The summed E-state index contributed by atoms with van der Waals surface area (Å²) in [7, 11) is 0. The maximum absolute atomic E-state index is 12.9. The predicted molar refractivity (Wildman–Crippen MR) is 125 cm³/mol. The van der Waals surface area contributed by atoms with Gasteiger partial charge in [0, 0.05) is 28.4 Å². The number of aromatic nitrogens is 5. The van der Waals surface area contributed by atoms with Crippen LogP contribution < -0.4 is 5.32 Å². The van der Waals surface area contributed by atoms with Crippen molar-refractivity contribution in [2.24, 2.45) is 0 Å². The van der Waals surface area contributed by atoms with E-state index in [0.29, 0.717) is 27.0 Å². The van der Waals surface area contributed by atoms with Gasteiger partial charge in [0.05, 0.1) is 11.3 Å². The normalized spacial score (nSPS) is 11.9. The van der Waals surface area contributed by atoms with Crippen molar-refractivity contribution in [1.29, 1.82) is 0 Å². The molecule has 3 heterocycles. The van der Waals surface area contributed by atoms with Crippen molar-refractivity contribution in [1.82, 2.24) is 25.1 Å². The number of nitrogens with zero attached hydrogens (tertiary/aromatic N) is 4. The van der Waals surface area contributed by atoms with Crippen LogP contribution in [0.15, 0.2) is 59.9 Å². The number of thiazole rings is 1. The van der Waals surface area contributed by atoms with Crippen LogP contribution in [0.3, 0.4) is 0 Å². The molecule has 0 spiro atoms. The van der Waals surface area contributed by atoms with E-state index >= 15 is 0 Å². The number of carbonyl (C=O) groups excluding carboxylic acids is 1. The van der Waals surface area contributed by atoms with Gasteiger partial charge < -0.3 is 10.3 Å². The Hall–Kier alpha value is -3.51. The Balaban J connectivity index is 1.19. The summed E-state index contributed by atoms with van der Waals surface area (Å²) in [6.45, 7) is 0. The summed E-state index contributed by atoms with van der Waals surface area (Å²) in [5.74, 6) is -0.249. The monoisotopic (exact) mass is 500 g/mol. The first kappa shape index (κ1) is 22.3. The fraction of sp³-hybridized carbons (Fsp3) is 0.136. The molecule has 0 radical (unpaired) electrons. The van der Waals surface area contributed by atoms with Crippen LogP contribution in [-0.4, -0.2) is 36.8 Å². The lowest BCUT2D eigenvalue weighted by Crippen LogP contribution is -2.14. The lowest BCUT2D eigenvalue weighted by atomic mass is 10.1. The number of aromatic amines is 1. The van der Waals surface area contributed by atoms with E-state index in [1.54, 1.807) is 12.3 Å². The SMILES string of the molecule is O=C(CSc1nnc2c(n1)[nH]c1ccccc12)Nc1ncc(Cc2cccc(C(F)(F)F)c2)s1. The number of benzene rings is 2. The molecular weight excluding hydrogens is 485 g/mol. The Labute approximate surface area is 198 Å². The third-order valence-corrected chi connectivity index (χ3v) is 6.62. The number of amides is 1. The van der Waals surface area contributed by atoms with Gasteiger partial charge in [-0.25, -0.2) is 9.97 Å². The number of anilines is 1. The van der Waals surface area contributed by atoms with Gasteiger partial charge in [0.1, 0.15) is 5.52 Å². The van der Waals surface area contributed by atoms with Crippen LogP contribution in [-0.2, 0) is 17.4 Å². The minimum Gasteiger partial charge on any atom is -0.338 e. The van der Waals surface area contributed by atoms with Crippen LogP contribution in [0.2, 0.25) is 0 Å². The van der Waals surface area contributed by atoms with E-state index in [2.05, 4.69) is 30.5 Å². The van der Waals surface area contributed by atoms with E-state index in [9.17, 15) is 18.0 Å². The molecule has 2 aromatic carbocycles. The fourth-order valence-electron chi connectivity index (χ4n) is 3.36. The van der Waals surface area contributed by atoms with Crippen LogP contribution in [0.1, 0.15) is 16.0 Å². The molecule has 0 unspecified atom stereocenters. The number of nitrogens with one attached hydrogen (secondary N) is 2. The number of hydrogen-bond donors (Lipinski definition) is 2. The number of thioether (sulfide) groups is 1. The predicted octanol–water partition coefficient (Wildman–Crippen LogP) is 5.30. The summed E-state index contributed by atoms with van der Waals surface area (Å²) in [6, 6.07) is 12.8. The average molecular weight is 501 g/mol. The van der Waals surface area contributed by atoms with Gasteiger partial charge >= 0.3 is 6.18 Å². The first-order valence-electron chi connectivity index (χ1n) is 10.00. The largest absolute Gasteiger partial charge is 0.416 e. The molecule has 34 heavy (non-hydrogen) atoms. The van der Waals surface area contributed by atoms with Crippen molar-refractivity contribution in [3.63, 3.8) is 0 Å². The summed E-state index contributed by atoms with van der Waals surface area (Å²) < 4.78 is 38.7. The number of carbonyl (C=O) groups is 1. The number of halogens is 3. The number of fused-ring (bicyclic) bond motifs is 3. The Kier molecular flexibility index (Phi) is 5.92. The molecule has 0 atom stereocenters. The minimum absolute atomic E-state index is 0.0515. The molecule has 0 bridgehead atoms. The topological polar surface area (TPSA) is 96.5 Å². The van der Waals surface area contributed by atoms with E-state index in [1.807, 2.05) is 24.3 Å². The van der Waals surface area contributed by atoms with Gasteiger partial charge in [-0.15, -0.1) is 21.5 Å². The zero-order valence-corrected chi connectivity index (χ0v) is 18.9. The van der Waals surface area contributed by atoms with E-state index in [1.165, 1.54) is 17.4 Å². The summed E-state index contributed by atoms with van der Waals surface area (Å²) in [5, 5.41) is 12.7. The van der Waals surface area contributed by atoms with Gasteiger partial charge in [-0.3, -0.25) is 4.79 Å². The summed E-state index contributed by atoms with van der Waals surface area (Å²) in [6.07, 6.45) is -2.56. The zero-order valence-electron chi connectivity index (χ0n) is 17.3. The Bertz CT molecular complexity index is 1500. The van der Waals surface area contributed by atoms with Gasteiger partial charge in [-0.1, -0.05) is 48.2 Å². The quantitative estimate of drug-likeness (QED) is 0.307. The van der Waals surface area contributed by atoms with Gasteiger partial charge in [0.15, 0.2) is 10.8 Å². The van der Waals surface area contributed by atoms with Crippen molar-refractivity contribution in [2.45, 2.75) is 17.8 Å². The highest BCUT2D eigenvalue weighted by Gasteiger charge is 2.30. The van der Waals surface area contributed by atoms with Gasteiger partial charge in [-0.2, -0.15) is 13.2 Å². The van der Waals surface area contributed by atoms with Gasteiger partial charge in [0.25, 0.3) is 0 Å². The Morgan fingerprint density at radius 2 is 1.97 bits per heavy atom. The number of para-hydroxylation sites is 1. The molecule has 1 amide bonds. The molecule has 0 aliphatic carbocycles. The molecule has 0 fully saturated rings. The summed E-state index contributed by atoms with van der Waals surface area (Å²) in [5.41, 5.74) is 1.99. The van der Waals surface area contributed by atoms with Crippen LogP contribution in [0.4, 0.5) is 18.3 Å².